The molecule has 1 unspecified atom stereocenters. The van der Waals surface area contributed by atoms with Gasteiger partial charge in [-0.1, -0.05) is 90.7 Å². The molecule has 3 aromatic carbocycles. The summed E-state index contributed by atoms with van der Waals surface area (Å²) >= 11 is 12.1. The molecule has 0 heterocycles. The summed E-state index contributed by atoms with van der Waals surface area (Å²) in [6.07, 6.45) is 1.98. The van der Waals surface area contributed by atoms with E-state index in [1.807, 2.05) is 6.07 Å². The van der Waals surface area contributed by atoms with Crippen molar-refractivity contribution in [3.05, 3.63) is 91.0 Å². The lowest BCUT2D eigenvalue weighted by molar-refractivity contribution is 1.52. The standard InChI is InChI=1S/C20H19P2S2/c23-21(18-10-4-1-5-11-18)16-17-22(24,19-12-6-2-7-13-19)20-14-8-3-9-15-20/h1-15H,16-17H2/q+1. The predicted octanol–water partition coefficient (Wildman–Crippen LogP) is 4.39. The zero-order valence-electron chi connectivity index (χ0n) is 13.3. The van der Waals surface area contributed by atoms with Crippen molar-refractivity contribution in [3.8, 4) is 0 Å². The summed E-state index contributed by atoms with van der Waals surface area (Å²) in [6.45, 7) is -0.576. The van der Waals surface area contributed by atoms with Crippen molar-refractivity contribution in [1.29, 1.82) is 0 Å². The molecule has 3 aromatic rings. The van der Waals surface area contributed by atoms with Crippen LogP contribution in [0.15, 0.2) is 91.0 Å². The molecule has 3 rings (SSSR count). The molecule has 0 aliphatic heterocycles. The van der Waals surface area contributed by atoms with E-state index in [4.69, 9.17) is 23.6 Å². The number of benzene rings is 3. The molecule has 0 aromatic heterocycles. The number of rotatable bonds is 6. The third kappa shape index (κ3) is 4.08. The van der Waals surface area contributed by atoms with Crippen LogP contribution in [0.4, 0.5) is 0 Å². The Hall–Kier alpha value is -1.17. The van der Waals surface area contributed by atoms with Crippen molar-refractivity contribution in [2.24, 2.45) is 0 Å². The fourth-order valence-electron chi connectivity index (χ4n) is 2.70. The lowest BCUT2D eigenvalue weighted by Crippen LogP contribution is -2.19. The first-order valence-corrected chi connectivity index (χ1v) is 13.4. The summed E-state index contributed by atoms with van der Waals surface area (Å²) < 4.78 is 0. The average molecular weight is 385 g/mol. The molecule has 24 heavy (non-hydrogen) atoms. The highest BCUT2D eigenvalue weighted by molar-refractivity contribution is 8.22. The Kier molecular flexibility index (Phi) is 6.09. The van der Waals surface area contributed by atoms with Crippen molar-refractivity contribution in [1.82, 2.24) is 0 Å². The van der Waals surface area contributed by atoms with Gasteiger partial charge in [0.25, 0.3) is 0 Å². The summed E-state index contributed by atoms with van der Waals surface area (Å²) in [7, 11) is 0. The molecule has 0 N–H and O–H groups in total. The summed E-state index contributed by atoms with van der Waals surface area (Å²) in [4.78, 5) is 0. The van der Waals surface area contributed by atoms with Crippen molar-refractivity contribution in [2.75, 3.05) is 12.3 Å². The first-order chi connectivity index (χ1) is 11.7. The minimum absolute atomic E-state index is 0.576. The second-order valence-electron chi connectivity index (χ2n) is 5.57. The van der Waals surface area contributed by atoms with Crippen LogP contribution in [0, 0.1) is 0 Å². The minimum Gasteiger partial charge on any atom is -0.0874 e. The fourth-order valence-corrected chi connectivity index (χ4v) is 10.0. The summed E-state index contributed by atoms with van der Waals surface area (Å²) in [5.41, 5.74) is 0. The molecule has 120 valence electrons. The lowest BCUT2D eigenvalue weighted by atomic mass is 10.4. The highest BCUT2D eigenvalue weighted by Gasteiger charge is 2.26. The molecule has 0 aliphatic rings. The molecule has 0 bridgehead atoms. The van der Waals surface area contributed by atoms with Gasteiger partial charge in [0.1, 0.15) is 6.16 Å². The van der Waals surface area contributed by atoms with E-state index in [1.165, 1.54) is 15.9 Å². The summed E-state index contributed by atoms with van der Waals surface area (Å²) in [6, 6.07) is 29.9. The molecule has 0 spiro atoms. The van der Waals surface area contributed by atoms with Crippen LogP contribution in [0.1, 0.15) is 0 Å². The van der Waals surface area contributed by atoms with Gasteiger partial charge in [0.2, 0.25) is 6.70 Å². The van der Waals surface area contributed by atoms with Gasteiger partial charge in [-0.25, -0.2) is 0 Å². The summed E-state index contributed by atoms with van der Waals surface area (Å²) in [5, 5.41) is 3.86. The van der Waals surface area contributed by atoms with Crippen LogP contribution in [-0.2, 0) is 23.6 Å². The van der Waals surface area contributed by atoms with Gasteiger partial charge in [-0.15, -0.1) is 0 Å². The molecule has 0 amide bonds. The topological polar surface area (TPSA) is 0 Å². The first kappa shape index (κ1) is 17.6. The maximum atomic E-state index is 6.28. The van der Waals surface area contributed by atoms with E-state index in [0.717, 1.165) is 12.3 Å². The molecular formula is C20H19P2S2+. The van der Waals surface area contributed by atoms with Crippen LogP contribution in [0.5, 0.6) is 0 Å². The van der Waals surface area contributed by atoms with Crippen molar-refractivity contribution < 1.29 is 0 Å². The van der Waals surface area contributed by atoms with Gasteiger partial charge in [-0.3, -0.25) is 0 Å². The fraction of sp³-hybridized carbons (Fsp3) is 0.100. The van der Waals surface area contributed by atoms with Crippen molar-refractivity contribution >= 4 is 52.3 Å². The van der Waals surface area contributed by atoms with Crippen LogP contribution >= 0.6 is 12.7 Å². The van der Waals surface area contributed by atoms with E-state index in [9.17, 15) is 0 Å². The Morgan fingerprint density at radius 3 is 1.54 bits per heavy atom. The van der Waals surface area contributed by atoms with Crippen LogP contribution in [-0.4, -0.2) is 12.3 Å². The monoisotopic (exact) mass is 385 g/mol. The van der Waals surface area contributed by atoms with Gasteiger partial charge in [0, 0.05) is 12.2 Å². The van der Waals surface area contributed by atoms with Crippen LogP contribution in [0.25, 0.3) is 0 Å². The van der Waals surface area contributed by atoms with E-state index >= 15 is 0 Å². The van der Waals surface area contributed by atoms with Crippen molar-refractivity contribution in [2.45, 2.75) is 0 Å². The Morgan fingerprint density at radius 2 is 1.08 bits per heavy atom. The highest BCUT2D eigenvalue weighted by Crippen LogP contribution is 2.45. The average Bonchev–Trinajstić information content (AvgIpc) is 2.68. The third-order valence-electron chi connectivity index (χ3n) is 4.01. The first-order valence-electron chi connectivity index (χ1n) is 7.90. The van der Waals surface area contributed by atoms with E-state index in [-0.39, 0.29) is 0 Å². The van der Waals surface area contributed by atoms with E-state index in [1.54, 1.807) is 0 Å². The Bertz CT molecular complexity index is 803. The van der Waals surface area contributed by atoms with E-state index in [0.29, 0.717) is 0 Å². The van der Waals surface area contributed by atoms with Crippen molar-refractivity contribution in [3.63, 3.8) is 0 Å². The third-order valence-corrected chi connectivity index (χ3v) is 12.0. The highest BCUT2D eigenvalue weighted by atomic mass is 32.4. The van der Waals surface area contributed by atoms with E-state index in [2.05, 4.69) is 84.9 Å². The Morgan fingerprint density at radius 1 is 0.667 bits per heavy atom. The summed E-state index contributed by atoms with van der Waals surface area (Å²) in [5.74, 6) is 0. The smallest absolute Gasteiger partial charge is 0.0874 e. The largest absolute Gasteiger partial charge is 0.213 e. The molecule has 0 nitrogen and oxygen atoms in total. The number of hydrogen-bond donors (Lipinski definition) is 0. The van der Waals surface area contributed by atoms with Gasteiger partial charge in [0.15, 0.2) is 17.1 Å². The van der Waals surface area contributed by atoms with Gasteiger partial charge < -0.3 is 0 Å². The zero-order chi connectivity index (χ0) is 16.8. The maximum absolute atomic E-state index is 6.28. The minimum atomic E-state index is -1.82. The van der Waals surface area contributed by atoms with Crippen LogP contribution < -0.4 is 15.9 Å². The zero-order valence-corrected chi connectivity index (χ0v) is 16.7. The van der Waals surface area contributed by atoms with E-state index < -0.39 is 12.7 Å². The molecular weight excluding hydrogens is 366 g/mol. The molecule has 1 atom stereocenters. The van der Waals surface area contributed by atoms with Crippen LogP contribution in [0.2, 0.25) is 0 Å². The molecule has 4 heteroatoms. The number of hydrogen-bond acceptors (Lipinski definition) is 2. The van der Waals surface area contributed by atoms with Gasteiger partial charge in [-0.2, -0.15) is 0 Å². The second-order valence-corrected chi connectivity index (χ2v) is 13.4. The van der Waals surface area contributed by atoms with Crippen LogP contribution in [0.3, 0.4) is 0 Å². The van der Waals surface area contributed by atoms with Gasteiger partial charge in [-0.05, 0) is 22.7 Å². The molecule has 0 aliphatic carbocycles. The SMILES string of the molecule is S=[P+](CCP(=S)(c1ccccc1)c1ccccc1)c1ccccc1. The molecule has 0 fully saturated rings. The second kappa shape index (κ2) is 8.28. The molecule has 0 saturated carbocycles. The lowest BCUT2D eigenvalue weighted by Gasteiger charge is -2.21. The normalized spacial score (nSPS) is 11.9. The predicted molar refractivity (Wildman–Crippen MR) is 117 cm³/mol. The maximum Gasteiger partial charge on any atom is 0.213 e. The van der Waals surface area contributed by atoms with Gasteiger partial charge >= 0.3 is 0 Å². The quantitative estimate of drug-likeness (QED) is 0.578. The molecule has 0 saturated heterocycles. The Labute approximate surface area is 155 Å². The molecule has 0 radical (unpaired) electrons. The van der Waals surface area contributed by atoms with Gasteiger partial charge in [0.05, 0.1) is 0 Å². The Balaban J connectivity index is 1.89.